The number of aromatic nitrogens is 1. The number of aryl methyl sites for hydroxylation is 1. The number of hydrogen-bond donors (Lipinski definition) is 0. The van der Waals surface area contributed by atoms with Crippen molar-refractivity contribution >= 4 is 16.5 Å². The number of anilines is 1. The molecule has 1 saturated heterocycles. The van der Waals surface area contributed by atoms with E-state index in [-0.39, 0.29) is 17.8 Å². The van der Waals surface area contributed by atoms with Crippen LogP contribution in [0.5, 0.6) is 0 Å². The van der Waals surface area contributed by atoms with Crippen molar-refractivity contribution in [2.24, 2.45) is 0 Å². The van der Waals surface area contributed by atoms with Crippen LogP contribution in [-0.2, 0) is 4.74 Å². The number of fused-ring (bicyclic) bond motifs is 1. The van der Waals surface area contributed by atoms with E-state index in [0.717, 1.165) is 46.5 Å². The van der Waals surface area contributed by atoms with Crippen LogP contribution in [0.1, 0.15) is 25.0 Å². The third-order valence-electron chi connectivity index (χ3n) is 6.47. The number of nitriles is 1. The molecule has 0 aliphatic carbocycles. The van der Waals surface area contributed by atoms with E-state index < -0.39 is 0 Å². The molecule has 0 spiro atoms. The summed E-state index contributed by atoms with van der Waals surface area (Å²) in [5, 5.41) is 10.7. The molecule has 5 heteroatoms. The highest BCUT2D eigenvalue weighted by Crippen LogP contribution is 2.30. The first-order valence-electron chi connectivity index (χ1n) is 11.6. The fourth-order valence-corrected chi connectivity index (χ4v) is 4.97. The Bertz CT molecular complexity index is 1440. The molecule has 1 aliphatic rings. The van der Waals surface area contributed by atoms with Gasteiger partial charge in [0.2, 0.25) is 0 Å². The number of ether oxygens (including phenoxy) is 1. The van der Waals surface area contributed by atoms with Gasteiger partial charge in [0.25, 0.3) is 5.56 Å². The predicted molar refractivity (Wildman–Crippen MR) is 137 cm³/mol. The van der Waals surface area contributed by atoms with Crippen LogP contribution in [0.15, 0.2) is 77.7 Å². The smallest absolute Gasteiger partial charge is 0.262 e. The molecule has 0 N–H and O–H groups in total. The fraction of sp³-hybridized carbons (Fsp3) is 0.241. The highest BCUT2D eigenvalue weighted by Gasteiger charge is 2.22. The minimum absolute atomic E-state index is 0.0440. The molecular weight excluding hydrogens is 422 g/mol. The van der Waals surface area contributed by atoms with Crippen LogP contribution < -0.4 is 10.5 Å². The van der Waals surface area contributed by atoms with Crippen LogP contribution in [-0.4, -0.2) is 29.9 Å². The Balaban J connectivity index is 1.55. The zero-order valence-electron chi connectivity index (χ0n) is 19.7. The lowest BCUT2D eigenvalue weighted by atomic mass is 9.96. The maximum absolute atomic E-state index is 13.5. The maximum atomic E-state index is 13.5. The number of benzene rings is 3. The van der Waals surface area contributed by atoms with E-state index in [1.54, 1.807) is 4.57 Å². The van der Waals surface area contributed by atoms with Gasteiger partial charge in [0.15, 0.2) is 0 Å². The number of pyridine rings is 1. The van der Waals surface area contributed by atoms with E-state index in [4.69, 9.17) is 10.00 Å². The summed E-state index contributed by atoms with van der Waals surface area (Å²) in [6, 6.07) is 23.7. The molecule has 2 heterocycles. The van der Waals surface area contributed by atoms with E-state index in [1.165, 1.54) is 0 Å². The lowest BCUT2D eigenvalue weighted by Crippen LogP contribution is -2.45. The third-order valence-corrected chi connectivity index (χ3v) is 6.47. The molecule has 0 amide bonds. The molecule has 34 heavy (non-hydrogen) atoms. The largest absolute Gasteiger partial charge is 0.372 e. The summed E-state index contributed by atoms with van der Waals surface area (Å²) in [6.07, 6.45) is 2.31. The topological polar surface area (TPSA) is 58.3 Å². The summed E-state index contributed by atoms with van der Waals surface area (Å²) in [4.78, 5) is 15.9. The van der Waals surface area contributed by atoms with Crippen LogP contribution in [0.25, 0.3) is 27.6 Å². The average Bonchev–Trinajstić information content (AvgIpc) is 2.85. The van der Waals surface area contributed by atoms with Gasteiger partial charge in [-0.05, 0) is 85.3 Å². The summed E-state index contributed by atoms with van der Waals surface area (Å²) in [5.41, 5.74) is 5.56. The third kappa shape index (κ3) is 3.98. The van der Waals surface area contributed by atoms with Gasteiger partial charge < -0.3 is 9.64 Å². The van der Waals surface area contributed by atoms with Gasteiger partial charge in [0, 0.05) is 36.0 Å². The Morgan fingerprint density at radius 1 is 0.912 bits per heavy atom. The van der Waals surface area contributed by atoms with Crippen molar-refractivity contribution in [3.8, 4) is 22.9 Å². The molecule has 2 atom stereocenters. The molecule has 5 nitrogen and oxygen atoms in total. The highest BCUT2D eigenvalue weighted by molar-refractivity contribution is 5.98. The Hall–Kier alpha value is -3.88. The van der Waals surface area contributed by atoms with Crippen LogP contribution in [0, 0.1) is 18.3 Å². The highest BCUT2D eigenvalue weighted by atomic mass is 16.5. The summed E-state index contributed by atoms with van der Waals surface area (Å²) in [5.74, 6) is 0. The normalized spacial score (nSPS) is 18.1. The summed E-state index contributed by atoms with van der Waals surface area (Å²) in [6.45, 7) is 7.95. The van der Waals surface area contributed by atoms with Crippen molar-refractivity contribution in [3.05, 3.63) is 94.4 Å². The standard InChI is InChI=1S/C29H27N3O2/c1-19-16-32(25-13-11-24(12-14-25)31-17-20(2)34-21(3)18-31)29(33)27-6-4-5-26(28(19)27)23-9-7-22(15-30)8-10-23/h4-14,16,20-21H,17-18H2,1-3H3. The molecule has 0 radical (unpaired) electrons. The molecule has 1 fully saturated rings. The fourth-order valence-electron chi connectivity index (χ4n) is 4.97. The number of hydrogen-bond acceptors (Lipinski definition) is 4. The minimum Gasteiger partial charge on any atom is -0.372 e. The van der Waals surface area contributed by atoms with Crippen molar-refractivity contribution in [2.75, 3.05) is 18.0 Å². The monoisotopic (exact) mass is 449 g/mol. The maximum Gasteiger partial charge on any atom is 0.262 e. The Kier molecular flexibility index (Phi) is 5.69. The van der Waals surface area contributed by atoms with Gasteiger partial charge >= 0.3 is 0 Å². The Morgan fingerprint density at radius 2 is 1.56 bits per heavy atom. The first kappa shape index (κ1) is 21.9. The van der Waals surface area contributed by atoms with Crippen LogP contribution in [0.2, 0.25) is 0 Å². The number of rotatable bonds is 3. The lowest BCUT2D eigenvalue weighted by molar-refractivity contribution is -0.00521. The second kappa shape index (κ2) is 8.81. The van der Waals surface area contributed by atoms with Crippen LogP contribution in [0.4, 0.5) is 5.69 Å². The van der Waals surface area contributed by atoms with Gasteiger partial charge in [0.05, 0.1) is 23.8 Å². The van der Waals surface area contributed by atoms with E-state index in [1.807, 2.05) is 67.7 Å². The summed E-state index contributed by atoms with van der Waals surface area (Å²) < 4.78 is 7.58. The SMILES string of the molecule is Cc1cn(-c2ccc(N3CC(C)OC(C)C3)cc2)c(=O)c2cccc(-c3ccc(C#N)cc3)c12. The Morgan fingerprint density at radius 3 is 2.21 bits per heavy atom. The van der Waals surface area contributed by atoms with Gasteiger partial charge in [-0.25, -0.2) is 0 Å². The zero-order chi connectivity index (χ0) is 23.8. The molecule has 4 aromatic rings. The molecule has 1 aliphatic heterocycles. The van der Waals surface area contributed by atoms with Gasteiger partial charge in [-0.3, -0.25) is 9.36 Å². The van der Waals surface area contributed by atoms with Crippen molar-refractivity contribution in [1.82, 2.24) is 4.57 Å². The molecular formula is C29H27N3O2. The molecule has 170 valence electrons. The summed E-state index contributed by atoms with van der Waals surface area (Å²) >= 11 is 0. The quantitative estimate of drug-likeness (QED) is 0.417. The van der Waals surface area contributed by atoms with Gasteiger partial charge in [-0.1, -0.05) is 24.3 Å². The van der Waals surface area contributed by atoms with E-state index in [0.29, 0.717) is 10.9 Å². The van der Waals surface area contributed by atoms with Crippen LogP contribution in [0.3, 0.4) is 0 Å². The van der Waals surface area contributed by atoms with Gasteiger partial charge in [-0.15, -0.1) is 0 Å². The first-order chi connectivity index (χ1) is 16.4. The van der Waals surface area contributed by atoms with Crippen molar-refractivity contribution in [3.63, 3.8) is 0 Å². The number of nitrogens with zero attached hydrogens (tertiary/aromatic N) is 3. The number of morpholine rings is 1. The lowest BCUT2D eigenvalue weighted by Gasteiger charge is -2.36. The zero-order valence-corrected chi connectivity index (χ0v) is 19.7. The average molecular weight is 450 g/mol. The van der Waals surface area contributed by atoms with E-state index in [9.17, 15) is 4.79 Å². The predicted octanol–water partition coefficient (Wildman–Crippen LogP) is 5.45. The first-order valence-corrected chi connectivity index (χ1v) is 11.6. The molecule has 0 bridgehead atoms. The van der Waals surface area contributed by atoms with Gasteiger partial charge in [-0.2, -0.15) is 5.26 Å². The minimum atomic E-state index is -0.0440. The van der Waals surface area contributed by atoms with Gasteiger partial charge in [0.1, 0.15) is 0 Å². The molecule has 2 unspecified atom stereocenters. The van der Waals surface area contributed by atoms with Crippen molar-refractivity contribution in [1.29, 1.82) is 5.26 Å². The molecule has 3 aromatic carbocycles. The van der Waals surface area contributed by atoms with Crippen molar-refractivity contribution in [2.45, 2.75) is 33.0 Å². The van der Waals surface area contributed by atoms with Crippen LogP contribution >= 0.6 is 0 Å². The van der Waals surface area contributed by atoms with Crippen molar-refractivity contribution < 1.29 is 4.74 Å². The van der Waals surface area contributed by atoms with E-state index in [2.05, 4.69) is 36.9 Å². The van der Waals surface area contributed by atoms with E-state index >= 15 is 0 Å². The Labute approximate surface area is 199 Å². The summed E-state index contributed by atoms with van der Waals surface area (Å²) in [7, 11) is 0. The second-order valence-electron chi connectivity index (χ2n) is 9.08. The molecule has 0 saturated carbocycles. The second-order valence-corrected chi connectivity index (χ2v) is 9.08. The molecule has 5 rings (SSSR count). The molecule has 1 aromatic heterocycles.